The third-order valence-electron chi connectivity index (χ3n) is 5.26. The van der Waals surface area contributed by atoms with Crippen molar-refractivity contribution >= 4 is 18.0 Å². The van der Waals surface area contributed by atoms with Crippen LogP contribution >= 0.6 is 0 Å². The van der Waals surface area contributed by atoms with Crippen molar-refractivity contribution in [2.45, 2.75) is 58.9 Å². The van der Waals surface area contributed by atoms with Crippen LogP contribution in [0.25, 0.3) is 11.3 Å². The van der Waals surface area contributed by atoms with Gasteiger partial charge in [0.15, 0.2) is 0 Å². The molecule has 1 aromatic carbocycles. The first-order valence-corrected chi connectivity index (χ1v) is 11.2. The van der Waals surface area contributed by atoms with Gasteiger partial charge in [-0.2, -0.15) is 13.2 Å². The average molecular weight is 511 g/mol. The van der Waals surface area contributed by atoms with E-state index in [0.717, 1.165) is 0 Å². The minimum absolute atomic E-state index is 0.00478. The van der Waals surface area contributed by atoms with E-state index in [-0.39, 0.29) is 41.4 Å². The molecule has 1 aromatic heterocycles. The maximum absolute atomic E-state index is 13.4. The lowest BCUT2D eigenvalue weighted by molar-refractivity contribution is -0.127. The topological polar surface area (TPSA) is 108 Å². The number of esters is 1. The SMILES string of the molecule is CCOC(=O)c1cc(CC(F)(F)F)c2n1CCc1cc(OC)c(C(=O)NNC(=O)OC(C)(C)C)cc1-2. The molecule has 0 saturated heterocycles. The standard InChI is InChI=1S/C24H28F3N3O6/c1-6-35-21(32)17-9-14(12-24(25,26)27)19-15-11-16(18(34-5)10-13(15)7-8-30(17)19)20(31)28-29-22(33)36-23(2,3)4/h9-11H,6-8,12H2,1-5H3,(H,28,31)(H,29,33). The lowest BCUT2D eigenvalue weighted by Gasteiger charge is -2.24. The molecule has 2 heterocycles. The van der Waals surface area contributed by atoms with Crippen LogP contribution in [-0.2, 0) is 28.9 Å². The second kappa shape index (κ2) is 10.1. The minimum atomic E-state index is -4.53. The van der Waals surface area contributed by atoms with Gasteiger partial charge in [-0.1, -0.05) is 0 Å². The molecular weight excluding hydrogens is 483 g/mol. The van der Waals surface area contributed by atoms with Crippen molar-refractivity contribution in [2.75, 3.05) is 13.7 Å². The number of carbonyl (C=O) groups is 3. The maximum atomic E-state index is 13.4. The van der Waals surface area contributed by atoms with Crippen LogP contribution < -0.4 is 15.6 Å². The molecule has 36 heavy (non-hydrogen) atoms. The van der Waals surface area contributed by atoms with E-state index in [4.69, 9.17) is 14.2 Å². The van der Waals surface area contributed by atoms with Crippen LogP contribution in [0.3, 0.4) is 0 Å². The number of alkyl halides is 3. The first-order chi connectivity index (χ1) is 16.7. The lowest BCUT2D eigenvalue weighted by atomic mass is 9.92. The summed E-state index contributed by atoms with van der Waals surface area (Å²) in [7, 11) is 1.35. The Balaban J connectivity index is 2.05. The van der Waals surface area contributed by atoms with Gasteiger partial charge in [-0.25, -0.2) is 15.0 Å². The van der Waals surface area contributed by atoms with Crippen molar-refractivity contribution in [2.24, 2.45) is 0 Å². The summed E-state index contributed by atoms with van der Waals surface area (Å²) in [5.41, 5.74) is 4.58. The van der Waals surface area contributed by atoms with Crippen LogP contribution in [-0.4, -0.2) is 48.0 Å². The highest BCUT2D eigenvalue weighted by Gasteiger charge is 2.35. The Bertz CT molecular complexity index is 1180. The van der Waals surface area contributed by atoms with E-state index in [1.807, 2.05) is 0 Å². The number of ether oxygens (including phenoxy) is 3. The molecule has 0 radical (unpaired) electrons. The monoisotopic (exact) mass is 511 g/mol. The number of fused-ring (bicyclic) bond motifs is 3. The second-order valence-corrected chi connectivity index (χ2v) is 9.11. The number of nitrogens with zero attached hydrogens (tertiary/aromatic N) is 1. The number of benzene rings is 1. The van der Waals surface area contributed by atoms with Crippen molar-refractivity contribution in [1.82, 2.24) is 15.4 Å². The summed E-state index contributed by atoms with van der Waals surface area (Å²) in [5, 5.41) is 0. The largest absolute Gasteiger partial charge is 0.496 e. The number of aryl methyl sites for hydroxylation is 1. The van der Waals surface area contributed by atoms with Crippen LogP contribution in [0, 0.1) is 0 Å². The van der Waals surface area contributed by atoms with E-state index in [0.29, 0.717) is 17.5 Å². The van der Waals surface area contributed by atoms with Crippen LogP contribution in [0.5, 0.6) is 5.75 Å². The van der Waals surface area contributed by atoms with Gasteiger partial charge in [0.2, 0.25) is 0 Å². The first kappa shape index (κ1) is 26.9. The molecule has 196 valence electrons. The van der Waals surface area contributed by atoms with Gasteiger partial charge in [-0.3, -0.25) is 10.2 Å². The second-order valence-electron chi connectivity index (χ2n) is 9.11. The molecule has 0 fully saturated rings. The number of aromatic nitrogens is 1. The maximum Gasteiger partial charge on any atom is 0.426 e. The van der Waals surface area contributed by atoms with Crippen LogP contribution in [0.1, 0.15) is 59.7 Å². The number of rotatable bonds is 5. The fourth-order valence-corrected chi connectivity index (χ4v) is 3.99. The van der Waals surface area contributed by atoms with Crippen LogP contribution in [0.15, 0.2) is 18.2 Å². The Labute approximate surface area is 205 Å². The van der Waals surface area contributed by atoms with Crippen LogP contribution in [0.4, 0.5) is 18.0 Å². The molecule has 0 saturated carbocycles. The van der Waals surface area contributed by atoms with Gasteiger partial charge < -0.3 is 18.8 Å². The number of methoxy groups -OCH3 is 1. The van der Waals surface area contributed by atoms with Crippen LogP contribution in [0.2, 0.25) is 0 Å². The summed E-state index contributed by atoms with van der Waals surface area (Å²) < 4.78 is 57.1. The quantitative estimate of drug-likeness (QED) is 0.461. The number of halogens is 3. The Kier molecular flexibility index (Phi) is 7.56. The molecule has 2 amide bonds. The van der Waals surface area contributed by atoms with Crippen molar-refractivity contribution < 1.29 is 41.8 Å². The molecule has 0 atom stereocenters. The zero-order valence-corrected chi connectivity index (χ0v) is 20.6. The van der Waals surface area contributed by atoms with Crippen molar-refractivity contribution in [3.05, 3.63) is 40.6 Å². The van der Waals surface area contributed by atoms with Gasteiger partial charge in [0, 0.05) is 12.1 Å². The van der Waals surface area contributed by atoms with E-state index < -0.39 is 36.2 Å². The molecule has 12 heteroatoms. The first-order valence-electron chi connectivity index (χ1n) is 11.2. The number of carbonyl (C=O) groups excluding carboxylic acids is 3. The summed E-state index contributed by atoms with van der Waals surface area (Å²) in [6.07, 6.45) is -6.32. The van der Waals surface area contributed by atoms with E-state index >= 15 is 0 Å². The minimum Gasteiger partial charge on any atom is -0.496 e. The van der Waals surface area contributed by atoms with Gasteiger partial charge in [0.25, 0.3) is 5.91 Å². The summed E-state index contributed by atoms with van der Waals surface area (Å²) >= 11 is 0. The Morgan fingerprint density at radius 2 is 1.78 bits per heavy atom. The normalized spacial score (nSPS) is 12.8. The molecule has 2 aromatic rings. The molecular formula is C24H28F3N3O6. The smallest absolute Gasteiger partial charge is 0.426 e. The Morgan fingerprint density at radius 3 is 2.36 bits per heavy atom. The summed E-state index contributed by atoms with van der Waals surface area (Å²) in [6, 6.07) is 4.14. The zero-order valence-electron chi connectivity index (χ0n) is 20.6. The highest BCUT2D eigenvalue weighted by Crippen LogP contribution is 2.40. The molecule has 0 spiro atoms. The predicted octanol–water partition coefficient (Wildman–Crippen LogP) is 4.17. The fourth-order valence-electron chi connectivity index (χ4n) is 3.99. The predicted molar refractivity (Wildman–Crippen MR) is 123 cm³/mol. The Morgan fingerprint density at radius 1 is 1.08 bits per heavy atom. The van der Waals surface area contributed by atoms with E-state index in [2.05, 4.69) is 10.9 Å². The van der Waals surface area contributed by atoms with E-state index in [1.54, 1.807) is 33.8 Å². The van der Waals surface area contributed by atoms with Gasteiger partial charge in [0.05, 0.1) is 31.4 Å². The highest BCUT2D eigenvalue weighted by atomic mass is 19.4. The number of hydrogen-bond donors (Lipinski definition) is 2. The average Bonchev–Trinajstić information content (AvgIpc) is 3.12. The summed E-state index contributed by atoms with van der Waals surface area (Å²) in [4.78, 5) is 37.3. The number of nitrogens with one attached hydrogen (secondary N) is 2. The van der Waals surface area contributed by atoms with E-state index in [9.17, 15) is 27.6 Å². The number of hydrazine groups is 1. The van der Waals surface area contributed by atoms with Crippen molar-refractivity contribution in [3.63, 3.8) is 0 Å². The highest BCUT2D eigenvalue weighted by molar-refractivity contribution is 5.99. The van der Waals surface area contributed by atoms with Crippen molar-refractivity contribution in [1.29, 1.82) is 0 Å². The molecule has 0 bridgehead atoms. The molecule has 1 aliphatic heterocycles. The molecule has 0 unspecified atom stereocenters. The molecule has 3 rings (SSSR count). The molecule has 1 aliphatic rings. The van der Waals surface area contributed by atoms with Crippen molar-refractivity contribution in [3.8, 4) is 17.0 Å². The lowest BCUT2D eigenvalue weighted by Crippen LogP contribution is -2.44. The third kappa shape index (κ3) is 6.10. The van der Waals surface area contributed by atoms with E-state index in [1.165, 1.54) is 23.8 Å². The zero-order chi connectivity index (χ0) is 26.8. The molecule has 9 nitrogen and oxygen atoms in total. The number of amides is 2. The molecule has 0 aliphatic carbocycles. The van der Waals surface area contributed by atoms with Gasteiger partial charge >= 0.3 is 18.2 Å². The number of hydrogen-bond acceptors (Lipinski definition) is 6. The molecule has 2 N–H and O–H groups in total. The summed E-state index contributed by atoms with van der Waals surface area (Å²) in [6.45, 7) is 6.86. The summed E-state index contributed by atoms with van der Waals surface area (Å²) in [5.74, 6) is -1.34. The van der Waals surface area contributed by atoms with Gasteiger partial charge in [0.1, 0.15) is 17.0 Å². The van der Waals surface area contributed by atoms with Gasteiger partial charge in [-0.05, 0) is 63.4 Å². The third-order valence-corrected chi connectivity index (χ3v) is 5.26. The fraction of sp³-hybridized carbons (Fsp3) is 0.458. The Hall–Kier alpha value is -3.70. The van der Waals surface area contributed by atoms with Gasteiger partial charge in [-0.15, -0.1) is 0 Å².